The maximum atomic E-state index is 12.6. The van der Waals surface area contributed by atoms with E-state index in [-0.39, 0.29) is 42.4 Å². The Morgan fingerprint density at radius 3 is 2.77 bits per heavy atom. The molecule has 1 aromatic carbocycles. The second-order valence-corrected chi connectivity index (χ2v) is 6.89. The Morgan fingerprint density at radius 1 is 1.35 bits per heavy atom. The van der Waals surface area contributed by atoms with Gasteiger partial charge >= 0.3 is 0 Å². The van der Waals surface area contributed by atoms with Gasteiger partial charge in [-0.1, -0.05) is 37.3 Å². The average molecular weight is 404 g/mol. The number of nitrogens with zero attached hydrogens (tertiary/aromatic N) is 1. The number of rotatable bonds is 6. The van der Waals surface area contributed by atoms with Crippen LogP contribution in [0.5, 0.6) is 0 Å². The Hall–Kier alpha value is -0.850. The zero-order valence-electron chi connectivity index (χ0n) is 15.4. The quantitative estimate of drug-likeness (QED) is 0.765. The first-order chi connectivity index (χ1) is 11.7. The minimum atomic E-state index is -0.363. The van der Waals surface area contributed by atoms with Gasteiger partial charge in [-0.2, -0.15) is 0 Å². The summed E-state index contributed by atoms with van der Waals surface area (Å²) in [4.78, 5) is 15.0. The molecule has 148 valence electrons. The first-order valence-corrected chi connectivity index (χ1v) is 9.13. The number of hydrogen-bond donors (Lipinski definition) is 2. The fourth-order valence-electron chi connectivity index (χ4n) is 3.73. The van der Waals surface area contributed by atoms with Gasteiger partial charge in [-0.05, 0) is 31.4 Å². The lowest BCUT2D eigenvalue weighted by atomic mass is 9.93. The number of morpholine rings is 1. The molecule has 26 heavy (non-hydrogen) atoms. The standard InChI is InChI=1S/C19H29N3O2.2ClH/c1-2-19(9-6-10-21-19)18(23)20-13-17-15-22(11-12-24-17)14-16-7-4-3-5-8-16;;/h3-5,7-8,17,21H,2,6,9-15H2,1H3,(H,20,23);2*1H. The predicted octanol–water partition coefficient (Wildman–Crippen LogP) is 2.38. The first kappa shape index (κ1) is 23.2. The fourth-order valence-corrected chi connectivity index (χ4v) is 3.73. The summed E-state index contributed by atoms with van der Waals surface area (Å²) in [5, 5.41) is 6.50. The number of benzene rings is 1. The van der Waals surface area contributed by atoms with Crippen molar-refractivity contribution in [2.75, 3.05) is 32.8 Å². The molecule has 0 radical (unpaired) electrons. The molecule has 2 N–H and O–H groups in total. The average Bonchev–Trinajstić information content (AvgIpc) is 3.11. The molecular weight excluding hydrogens is 373 g/mol. The summed E-state index contributed by atoms with van der Waals surface area (Å²) in [5.74, 6) is 0.131. The van der Waals surface area contributed by atoms with Crippen LogP contribution in [0.2, 0.25) is 0 Å². The van der Waals surface area contributed by atoms with Crippen LogP contribution in [0, 0.1) is 0 Å². The molecule has 7 heteroatoms. The largest absolute Gasteiger partial charge is 0.374 e. The van der Waals surface area contributed by atoms with Crippen molar-refractivity contribution in [2.24, 2.45) is 0 Å². The molecule has 0 saturated carbocycles. The van der Waals surface area contributed by atoms with Crippen molar-refractivity contribution < 1.29 is 9.53 Å². The number of nitrogens with one attached hydrogen (secondary N) is 2. The van der Waals surface area contributed by atoms with Crippen molar-refractivity contribution in [3.8, 4) is 0 Å². The summed E-state index contributed by atoms with van der Waals surface area (Å²) in [7, 11) is 0. The van der Waals surface area contributed by atoms with Gasteiger partial charge in [0.25, 0.3) is 0 Å². The maximum absolute atomic E-state index is 12.6. The zero-order chi connectivity index (χ0) is 16.8. The lowest BCUT2D eigenvalue weighted by Crippen LogP contribution is -2.55. The molecule has 1 aromatic rings. The Labute approximate surface area is 169 Å². The van der Waals surface area contributed by atoms with Gasteiger partial charge in [-0.15, -0.1) is 24.8 Å². The molecule has 2 saturated heterocycles. The van der Waals surface area contributed by atoms with Crippen LogP contribution in [-0.2, 0) is 16.1 Å². The van der Waals surface area contributed by atoms with Crippen LogP contribution in [-0.4, -0.2) is 55.2 Å². The lowest BCUT2D eigenvalue weighted by molar-refractivity contribution is -0.128. The molecule has 2 aliphatic heterocycles. The molecule has 0 bridgehead atoms. The van der Waals surface area contributed by atoms with E-state index in [1.165, 1.54) is 5.56 Å². The van der Waals surface area contributed by atoms with Gasteiger partial charge in [-0.3, -0.25) is 9.69 Å². The van der Waals surface area contributed by atoms with Crippen molar-refractivity contribution in [2.45, 2.75) is 44.4 Å². The van der Waals surface area contributed by atoms with Crippen molar-refractivity contribution >= 4 is 30.7 Å². The van der Waals surface area contributed by atoms with Crippen molar-refractivity contribution in [3.63, 3.8) is 0 Å². The van der Waals surface area contributed by atoms with E-state index in [9.17, 15) is 4.79 Å². The van der Waals surface area contributed by atoms with Gasteiger partial charge in [-0.25, -0.2) is 0 Å². The number of ether oxygens (including phenoxy) is 1. The summed E-state index contributed by atoms with van der Waals surface area (Å²) in [6.07, 6.45) is 2.92. The third kappa shape index (κ3) is 5.83. The number of halogens is 2. The van der Waals surface area contributed by atoms with Crippen LogP contribution >= 0.6 is 24.8 Å². The van der Waals surface area contributed by atoms with Gasteiger partial charge in [0.2, 0.25) is 5.91 Å². The van der Waals surface area contributed by atoms with Crippen molar-refractivity contribution in [1.29, 1.82) is 0 Å². The SMILES string of the molecule is CCC1(C(=O)NCC2CN(Cc3ccccc3)CCO2)CCCN1.Cl.Cl. The van der Waals surface area contributed by atoms with Gasteiger partial charge in [0, 0.05) is 26.2 Å². The van der Waals surface area contributed by atoms with E-state index in [0.29, 0.717) is 6.54 Å². The predicted molar refractivity (Wildman–Crippen MR) is 109 cm³/mol. The number of hydrogen-bond acceptors (Lipinski definition) is 4. The fraction of sp³-hybridized carbons (Fsp3) is 0.632. The van der Waals surface area contributed by atoms with E-state index in [0.717, 1.165) is 52.0 Å². The zero-order valence-corrected chi connectivity index (χ0v) is 17.0. The molecule has 2 atom stereocenters. The van der Waals surface area contributed by atoms with Crippen LogP contribution in [0.25, 0.3) is 0 Å². The molecule has 2 heterocycles. The Bertz CT molecular complexity index is 539. The second kappa shape index (κ2) is 11.1. The third-order valence-corrected chi connectivity index (χ3v) is 5.24. The Kier molecular flexibility index (Phi) is 9.90. The molecule has 5 nitrogen and oxygen atoms in total. The van der Waals surface area contributed by atoms with Crippen LogP contribution in [0.4, 0.5) is 0 Å². The normalized spacial score (nSPS) is 25.8. The van der Waals surface area contributed by atoms with Crippen LogP contribution in [0.1, 0.15) is 31.7 Å². The molecule has 0 aromatic heterocycles. The Balaban J connectivity index is 0.00000169. The summed E-state index contributed by atoms with van der Waals surface area (Å²) in [6, 6.07) is 10.5. The minimum absolute atomic E-state index is 0. The molecule has 2 unspecified atom stereocenters. The van der Waals surface area contributed by atoms with Crippen LogP contribution in [0.15, 0.2) is 30.3 Å². The maximum Gasteiger partial charge on any atom is 0.240 e. The highest BCUT2D eigenvalue weighted by molar-refractivity contribution is 5.86. The molecule has 1 amide bonds. The molecular formula is C19H31Cl2N3O2. The molecule has 3 rings (SSSR count). The molecule has 0 spiro atoms. The summed E-state index contributed by atoms with van der Waals surface area (Å²) in [6.45, 7) is 7.08. The topological polar surface area (TPSA) is 53.6 Å². The van der Waals surface area contributed by atoms with Gasteiger partial charge in [0.15, 0.2) is 0 Å². The van der Waals surface area contributed by atoms with E-state index in [1.54, 1.807) is 0 Å². The van der Waals surface area contributed by atoms with E-state index in [4.69, 9.17) is 4.74 Å². The second-order valence-electron chi connectivity index (χ2n) is 6.89. The van der Waals surface area contributed by atoms with E-state index >= 15 is 0 Å². The van der Waals surface area contributed by atoms with Gasteiger partial charge < -0.3 is 15.4 Å². The monoisotopic (exact) mass is 403 g/mol. The number of carbonyl (C=O) groups is 1. The first-order valence-electron chi connectivity index (χ1n) is 9.13. The highest BCUT2D eigenvalue weighted by Gasteiger charge is 2.39. The van der Waals surface area contributed by atoms with Gasteiger partial charge in [0.05, 0.1) is 18.2 Å². The minimum Gasteiger partial charge on any atom is -0.374 e. The summed E-state index contributed by atoms with van der Waals surface area (Å²) >= 11 is 0. The highest BCUT2D eigenvalue weighted by Crippen LogP contribution is 2.23. The molecule has 0 aliphatic carbocycles. The molecule has 2 fully saturated rings. The number of carbonyl (C=O) groups excluding carboxylic acids is 1. The third-order valence-electron chi connectivity index (χ3n) is 5.24. The highest BCUT2D eigenvalue weighted by atomic mass is 35.5. The van der Waals surface area contributed by atoms with Crippen molar-refractivity contribution in [3.05, 3.63) is 35.9 Å². The van der Waals surface area contributed by atoms with Gasteiger partial charge in [0.1, 0.15) is 0 Å². The van der Waals surface area contributed by atoms with E-state index in [2.05, 4.69) is 46.7 Å². The molecule has 2 aliphatic rings. The van der Waals surface area contributed by atoms with Crippen molar-refractivity contribution in [1.82, 2.24) is 15.5 Å². The smallest absolute Gasteiger partial charge is 0.240 e. The van der Waals surface area contributed by atoms with Crippen LogP contribution in [0.3, 0.4) is 0 Å². The summed E-state index contributed by atoms with van der Waals surface area (Å²) < 4.78 is 5.85. The Morgan fingerprint density at radius 2 is 2.12 bits per heavy atom. The van der Waals surface area contributed by atoms with E-state index in [1.807, 2.05) is 6.07 Å². The number of amides is 1. The van der Waals surface area contributed by atoms with Crippen LogP contribution < -0.4 is 10.6 Å². The van der Waals surface area contributed by atoms with E-state index < -0.39 is 0 Å². The summed E-state index contributed by atoms with van der Waals surface area (Å²) in [5.41, 5.74) is 0.959. The lowest BCUT2D eigenvalue weighted by Gasteiger charge is -2.34.